The lowest BCUT2D eigenvalue weighted by Gasteiger charge is -2.39. The second-order valence-electron chi connectivity index (χ2n) is 12.5. The molecular formula is C38H48N4O5. The molecule has 1 aliphatic carbocycles. The molecule has 0 spiro atoms. The zero-order valence-electron chi connectivity index (χ0n) is 27.1. The van der Waals surface area contributed by atoms with Gasteiger partial charge in [0.25, 0.3) is 0 Å². The number of para-hydroxylation sites is 2. The molecule has 2 fully saturated rings. The van der Waals surface area contributed by atoms with Gasteiger partial charge in [0, 0.05) is 49.6 Å². The normalized spacial score (nSPS) is 19.8. The quantitative estimate of drug-likeness (QED) is 0.0811. The molecule has 2 amide bonds. The number of unbranched alkanes of at least 4 members (excludes halogenated alkanes) is 1. The van der Waals surface area contributed by atoms with E-state index in [4.69, 9.17) is 15.2 Å². The molecule has 1 saturated heterocycles. The van der Waals surface area contributed by atoms with Crippen molar-refractivity contribution in [1.82, 2.24) is 4.90 Å². The van der Waals surface area contributed by atoms with Crippen LogP contribution in [0.15, 0.2) is 85.5 Å². The molecule has 47 heavy (non-hydrogen) atoms. The second kappa shape index (κ2) is 17.2. The summed E-state index contributed by atoms with van der Waals surface area (Å²) in [6, 6.07) is 23.2. The van der Waals surface area contributed by atoms with Gasteiger partial charge in [0.15, 0.2) is 6.29 Å². The molecule has 1 heterocycles. The van der Waals surface area contributed by atoms with Crippen molar-refractivity contribution in [2.45, 2.75) is 88.9 Å². The van der Waals surface area contributed by atoms with Crippen LogP contribution in [0, 0.1) is 0 Å². The number of anilines is 3. The summed E-state index contributed by atoms with van der Waals surface area (Å²) in [5.74, 6) is -0.239. The van der Waals surface area contributed by atoms with E-state index >= 15 is 0 Å². The molecule has 3 aromatic rings. The molecular weight excluding hydrogens is 592 g/mol. The van der Waals surface area contributed by atoms with Crippen LogP contribution in [-0.4, -0.2) is 47.1 Å². The van der Waals surface area contributed by atoms with Crippen molar-refractivity contribution in [3.8, 4) is 0 Å². The number of hydrogen-bond donors (Lipinski definition) is 4. The Hall–Kier alpha value is -4.02. The van der Waals surface area contributed by atoms with Crippen LogP contribution in [0.4, 0.5) is 17.1 Å². The summed E-state index contributed by atoms with van der Waals surface area (Å²) >= 11 is 0. The Morgan fingerprint density at radius 2 is 1.64 bits per heavy atom. The summed E-state index contributed by atoms with van der Waals surface area (Å²) in [7, 11) is 0. The van der Waals surface area contributed by atoms with Gasteiger partial charge in [-0.05, 0) is 61.1 Å². The number of ether oxygens (including phenoxy) is 2. The maximum atomic E-state index is 12.8. The van der Waals surface area contributed by atoms with Crippen LogP contribution < -0.4 is 16.4 Å². The predicted molar refractivity (Wildman–Crippen MR) is 185 cm³/mol. The van der Waals surface area contributed by atoms with Crippen LogP contribution in [0.2, 0.25) is 0 Å². The lowest BCUT2D eigenvalue weighted by molar-refractivity contribution is -0.253. The van der Waals surface area contributed by atoms with Gasteiger partial charge in [-0.25, -0.2) is 0 Å². The Morgan fingerprint density at radius 3 is 2.34 bits per heavy atom. The van der Waals surface area contributed by atoms with Crippen LogP contribution in [0.1, 0.15) is 86.9 Å². The van der Waals surface area contributed by atoms with Crippen LogP contribution in [0.25, 0.3) is 0 Å². The number of benzene rings is 3. The van der Waals surface area contributed by atoms with Gasteiger partial charge in [0.05, 0.1) is 30.2 Å². The maximum Gasteiger partial charge on any atom is 0.224 e. The number of hydrogen-bond acceptors (Lipinski definition) is 7. The minimum Gasteiger partial charge on any atom is -0.397 e. The number of nitrogens with two attached hydrogens (primary N) is 1. The molecule has 9 heteroatoms. The lowest BCUT2D eigenvalue weighted by atomic mass is 9.99. The first-order valence-corrected chi connectivity index (χ1v) is 16.8. The Kier molecular flexibility index (Phi) is 12.6. The number of nitrogens with zero attached hydrogens (tertiary/aromatic N) is 1. The Balaban J connectivity index is 1.19. The van der Waals surface area contributed by atoms with E-state index in [-0.39, 0.29) is 30.6 Å². The molecule has 5 N–H and O–H groups in total. The fourth-order valence-electron chi connectivity index (χ4n) is 6.48. The number of nitrogen functional groups attached to an aromatic ring is 1. The molecule has 0 radical (unpaired) electrons. The predicted octanol–water partition coefficient (Wildman–Crippen LogP) is 6.87. The van der Waals surface area contributed by atoms with E-state index in [1.807, 2.05) is 66.7 Å². The molecule has 2 aliphatic rings. The molecule has 9 nitrogen and oxygen atoms in total. The molecule has 0 aromatic heterocycles. The fraction of sp³-hybridized carbons (Fsp3) is 0.421. The van der Waals surface area contributed by atoms with Crippen LogP contribution in [0.5, 0.6) is 0 Å². The van der Waals surface area contributed by atoms with Crippen molar-refractivity contribution in [2.75, 3.05) is 29.5 Å². The van der Waals surface area contributed by atoms with Gasteiger partial charge >= 0.3 is 0 Å². The van der Waals surface area contributed by atoms with E-state index in [9.17, 15) is 14.7 Å². The third-order valence-electron chi connectivity index (χ3n) is 8.99. The third-order valence-corrected chi connectivity index (χ3v) is 8.99. The number of amides is 2. The van der Waals surface area contributed by atoms with Gasteiger partial charge in [-0.2, -0.15) is 0 Å². The number of carbonyl (C=O) groups excluding carboxylic acids is 2. The van der Waals surface area contributed by atoms with Crippen molar-refractivity contribution < 1.29 is 24.2 Å². The monoisotopic (exact) mass is 640 g/mol. The largest absolute Gasteiger partial charge is 0.397 e. The number of aliphatic hydroxyl groups excluding tert-OH is 1. The highest BCUT2D eigenvalue weighted by atomic mass is 16.7. The summed E-state index contributed by atoms with van der Waals surface area (Å²) in [5, 5.41) is 15.4. The van der Waals surface area contributed by atoms with Gasteiger partial charge in [0.2, 0.25) is 11.8 Å². The van der Waals surface area contributed by atoms with E-state index in [2.05, 4.69) is 22.1 Å². The minimum absolute atomic E-state index is 0.00424. The highest BCUT2D eigenvalue weighted by Gasteiger charge is 2.34. The third kappa shape index (κ3) is 9.98. The van der Waals surface area contributed by atoms with Gasteiger partial charge in [-0.3, -0.25) is 14.5 Å². The average Bonchev–Trinajstić information content (AvgIpc) is 3.63. The molecule has 5 rings (SSSR count). The van der Waals surface area contributed by atoms with E-state index in [1.165, 1.54) is 25.7 Å². The summed E-state index contributed by atoms with van der Waals surface area (Å²) in [4.78, 5) is 27.6. The maximum absolute atomic E-state index is 12.8. The van der Waals surface area contributed by atoms with E-state index in [0.717, 1.165) is 29.8 Å². The van der Waals surface area contributed by atoms with Gasteiger partial charge in [0.1, 0.15) is 0 Å². The van der Waals surface area contributed by atoms with Crippen LogP contribution in [-0.2, 0) is 25.7 Å². The first-order valence-electron chi connectivity index (χ1n) is 16.8. The zero-order valence-corrected chi connectivity index (χ0v) is 27.1. The number of aliphatic hydroxyl groups is 1. The molecule has 250 valence electrons. The van der Waals surface area contributed by atoms with E-state index in [0.29, 0.717) is 55.2 Å². The van der Waals surface area contributed by atoms with E-state index in [1.54, 1.807) is 12.1 Å². The smallest absolute Gasteiger partial charge is 0.224 e. The summed E-state index contributed by atoms with van der Waals surface area (Å²) < 4.78 is 13.2. The van der Waals surface area contributed by atoms with Crippen molar-refractivity contribution >= 4 is 28.9 Å². The van der Waals surface area contributed by atoms with Crippen molar-refractivity contribution in [3.63, 3.8) is 0 Å². The SMILES string of the molecule is C=CCN(C[C@@H]1C[C@H](c2ccc(CO)cc2)O[C@H](c2cccc(NC(=O)CCCCC(=O)Nc3ccccc3N)c2)O1)C1CCCC1. The molecule has 0 unspecified atom stereocenters. The lowest BCUT2D eigenvalue weighted by Crippen LogP contribution is -2.43. The summed E-state index contributed by atoms with van der Waals surface area (Å²) in [6.07, 6.45) is 8.51. The van der Waals surface area contributed by atoms with Crippen molar-refractivity contribution in [1.29, 1.82) is 0 Å². The standard InChI is InChI=1S/C38H48N4O5/c1-2-22-42(31-12-3-4-13-31)25-32-24-35(28-20-18-27(26-43)19-21-28)47-38(46-32)29-10-9-11-30(23-29)40-36(44)16-7-8-17-37(45)41-34-15-6-5-14-33(34)39/h2,5-6,9-11,14-15,18-21,23,31-32,35,38,43H,1,3-4,7-8,12-13,16-17,22,24-26,39H2,(H,40,44)(H,41,45)/t32-,35+,38+/m0/s1. The Bertz CT molecular complexity index is 1470. The molecule has 3 atom stereocenters. The summed E-state index contributed by atoms with van der Waals surface area (Å²) in [6.45, 7) is 5.61. The number of rotatable bonds is 15. The Morgan fingerprint density at radius 1 is 0.915 bits per heavy atom. The van der Waals surface area contributed by atoms with Gasteiger partial charge in [-0.15, -0.1) is 6.58 Å². The van der Waals surface area contributed by atoms with Crippen LogP contribution in [0.3, 0.4) is 0 Å². The van der Waals surface area contributed by atoms with Gasteiger partial charge < -0.3 is 30.9 Å². The zero-order chi connectivity index (χ0) is 33.0. The van der Waals surface area contributed by atoms with Crippen molar-refractivity contribution in [3.05, 3.63) is 102 Å². The fourth-order valence-corrected chi connectivity index (χ4v) is 6.48. The molecule has 0 bridgehead atoms. The van der Waals surface area contributed by atoms with Gasteiger partial charge in [-0.1, -0.05) is 67.4 Å². The second-order valence-corrected chi connectivity index (χ2v) is 12.5. The van der Waals surface area contributed by atoms with Crippen LogP contribution >= 0.6 is 0 Å². The minimum atomic E-state index is -0.612. The first-order chi connectivity index (χ1) is 22.9. The first kappa shape index (κ1) is 34.3. The molecule has 1 saturated carbocycles. The van der Waals surface area contributed by atoms with E-state index < -0.39 is 6.29 Å². The highest BCUT2D eigenvalue weighted by molar-refractivity contribution is 5.94. The number of nitrogens with one attached hydrogen (secondary N) is 2. The molecule has 3 aromatic carbocycles. The summed E-state index contributed by atoms with van der Waals surface area (Å²) in [5.41, 5.74) is 10.4. The average molecular weight is 641 g/mol. The topological polar surface area (TPSA) is 126 Å². The highest BCUT2D eigenvalue weighted by Crippen LogP contribution is 2.39. The number of carbonyl (C=O) groups is 2. The van der Waals surface area contributed by atoms with Crippen molar-refractivity contribution in [2.24, 2.45) is 0 Å². The molecule has 1 aliphatic heterocycles. The Labute approximate surface area is 278 Å².